The van der Waals surface area contributed by atoms with Gasteiger partial charge >= 0.3 is 12.2 Å². The van der Waals surface area contributed by atoms with E-state index in [2.05, 4.69) is 5.32 Å². The number of non-ortho nitro benzene ring substituents is 1. The van der Waals surface area contributed by atoms with Gasteiger partial charge in [-0.25, -0.2) is 9.59 Å². The first kappa shape index (κ1) is 31.3. The van der Waals surface area contributed by atoms with Gasteiger partial charge in [0.2, 0.25) is 0 Å². The van der Waals surface area contributed by atoms with Gasteiger partial charge in [-0.3, -0.25) is 10.1 Å². The third-order valence-corrected chi connectivity index (χ3v) is 7.41. The highest BCUT2D eigenvalue weighted by molar-refractivity contribution is 5.69. The standard InChI is InChI=1S/C28H40N2O10/c1-17(2)7-12-21(31)18(3)23-24(36-6)22(13-14-28(23)16-38-28)40-25(32)29-27(4,5)15-37-26(33)39-20-10-8-19(9-11-20)30(34)35/h7-11,18,21-24,31H,12-16H2,1-6H3,(H,29,32)/t18?,21?,22?,23?,24?,28-/m0/s1. The monoisotopic (exact) mass is 564 g/mol. The van der Waals surface area contributed by atoms with Crippen LogP contribution in [-0.4, -0.2) is 72.1 Å². The zero-order chi connectivity index (χ0) is 29.7. The number of epoxide rings is 1. The summed E-state index contributed by atoms with van der Waals surface area (Å²) >= 11 is 0. The number of aliphatic hydroxyl groups is 1. The number of nitrogens with one attached hydrogen (secondary N) is 1. The first-order chi connectivity index (χ1) is 18.8. The molecule has 12 heteroatoms. The van der Waals surface area contributed by atoms with E-state index in [1.54, 1.807) is 21.0 Å². The first-order valence-electron chi connectivity index (χ1n) is 13.3. The number of methoxy groups -OCH3 is 1. The molecular weight excluding hydrogens is 524 g/mol. The van der Waals surface area contributed by atoms with Crippen LogP contribution in [-0.2, 0) is 18.9 Å². The van der Waals surface area contributed by atoms with E-state index in [0.29, 0.717) is 25.9 Å². The predicted octanol–water partition coefficient (Wildman–Crippen LogP) is 4.53. The Balaban J connectivity index is 1.55. The number of nitrogens with zero attached hydrogens (tertiary/aromatic N) is 1. The van der Waals surface area contributed by atoms with Crippen LogP contribution in [0.25, 0.3) is 0 Å². The number of alkyl carbamates (subject to hydrolysis) is 1. The Morgan fingerprint density at radius 2 is 1.95 bits per heavy atom. The molecule has 1 spiro atoms. The van der Waals surface area contributed by atoms with Crippen LogP contribution >= 0.6 is 0 Å². The van der Waals surface area contributed by atoms with Crippen molar-refractivity contribution >= 4 is 17.9 Å². The van der Waals surface area contributed by atoms with Crippen molar-refractivity contribution in [3.05, 3.63) is 46.0 Å². The molecule has 0 bridgehead atoms. The highest BCUT2D eigenvalue weighted by atomic mass is 16.7. The first-order valence-corrected chi connectivity index (χ1v) is 13.3. The van der Waals surface area contributed by atoms with Gasteiger partial charge in [-0.05, 0) is 65.0 Å². The Morgan fingerprint density at radius 3 is 2.50 bits per heavy atom. The van der Waals surface area contributed by atoms with E-state index in [4.69, 9.17) is 23.7 Å². The highest BCUT2D eigenvalue weighted by Gasteiger charge is 2.61. The average Bonchev–Trinajstić information content (AvgIpc) is 3.66. The van der Waals surface area contributed by atoms with Gasteiger partial charge in [0, 0.05) is 25.2 Å². The van der Waals surface area contributed by atoms with Crippen molar-refractivity contribution in [3.63, 3.8) is 0 Å². The lowest BCUT2D eigenvalue weighted by Crippen LogP contribution is -2.56. The molecule has 0 radical (unpaired) electrons. The van der Waals surface area contributed by atoms with Crippen LogP contribution in [0, 0.1) is 22.0 Å². The number of hydrogen-bond acceptors (Lipinski definition) is 10. The lowest BCUT2D eigenvalue weighted by atomic mass is 9.68. The van der Waals surface area contributed by atoms with Crippen LogP contribution < -0.4 is 10.1 Å². The van der Waals surface area contributed by atoms with Gasteiger partial charge < -0.3 is 34.1 Å². The summed E-state index contributed by atoms with van der Waals surface area (Å²) < 4.78 is 27.7. The molecule has 0 aromatic heterocycles. The van der Waals surface area contributed by atoms with Crippen molar-refractivity contribution in [2.24, 2.45) is 11.8 Å². The Morgan fingerprint density at radius 1 is 1.30 bits per heavy atom. The minimum absolute atomic E-state index is 0.0795. The van der Waals surface area contributed by atoms with Crippen molar-refractivity contribution < 1.29 is 43.3 Å². The number of rotatable bonds is 11. The number of hydrogen-bond donors (Lipinski definition) is 2. The number of amides is 1. The average molecular weight is 565 g/mol. The van der Waals surface area contributed by atoms with Gasteiger partial charge in [0.1, 0.15) is 24.6 Å². The molecule has 1 saturated carbocycles. The molecule has 40 heavy (non-hydrogen) atoms. The second-order valence-corrected chi connectivity index (χ2v) is 11.4. The highest BCUT2D eigenvalue weighted by Crippen LogP contribution is 2.51. The molecule has 2 aliphatic rings. The second kappa shape index (κ2) is 13.0. The molecule has 1 aliphatic heterocycles. The molecule has 5 unspecified atom stereocenters. The fraction of sp³-hybridized carbons (Fsp3) is 0.643. The van der Waals surface area contributed by atoms with Crippen LogP contribution in [0.3, 0.4) is 0 Å². The van der Waals surface area contributed by atoms with E-state index in [0.717, 1.165) is 5.57 Å². The molecule has 2 fully saturated rings. The van der Waals surface area contributed by atoms with Gasteiger partial charge in [-0.15, -0.1) is 0 Å². The van der Waals surface area contributed by atoms with Gasteiger partial charge in [0.15, 0.2) is 0 Å². The smallest absolute Gasteiger partial charge is 0.443 e. The molecule has 1 aromatic rings. The van der Waals surface area contributed by atoms with E-state index in [9.17, 15) is 24.8 Å². The van der Waals surface area contributed by atoms with Crippen LogP contribution in [0.15, 0.2) is 35.9 Å². The van der Waals surface area contributed by atoms with E-state index < -0.39 is 41.0 Å². The lowest BCUT2D eigenvalue weighted by Gasteiger charge is -2.44. The number of benzene rings is 1. The number of carbonyl (C=O) groups is 2. The van der Waals surface area contributed by atoms with E-state index in [1.165, 1.54) is 24.3 Å². The summed E-state index contributed by atoms with van der Waals surface area (Å²) in [6.45, 7) is 9.61. The maximum atomic E-state index is 12.9. The summed E-state index contributed by atoms with van der Waals surface area (Å²) in [4.78, 5) is 35.1. The van der Waals surface area contributed by atoms with Crippen molar-refractivity contribution in [1.82, 2.24) is 5.32 Å². The van der Waals surface area contributed by atoms with Crippen LogP contribution in [0.5, 0.6) is 5.75 Å². The van der Waals surface area contributed by atoms with Crippen molar-refractivity contribution in [2.75, 3.05) is 20.3 Å². The molecule has 3 rings (SSSR count). The number of carbonyl (C=O) groups excluding carboxylic acids is 2. The molecule has 2 N–H and O–H groups in total. The Hall–Kier alpha value is -3.22. The normalized spacial score (nSPS) is 25.3. The Kier molecular flexibility index (Phi) is 10.1. The Labute approximate surface area is 234 Å². The molecular formula is C28H40N2O10. The fourth-order valence-corrected chi connectivity index (χ4v) is 5.17. The number of aliphatic hydroxyl groups excluding tert-OH is 1. The minimum atomic E-state index is -1.03. The second-order valence-electron chi connectivity index (χ2n) is 11.4. The van der Waals surface area contributed by atoms with E-state index in [1.807, 2.05) is 26.8 Å². The number of ether oxygens (including phenoxy) is 5. The van der Waals surface area contributed by atoms with Gasteiger partial charge in [0.25, 0.3) is 5.69 Å². The SMILES string of the molecule is COC1C(OC(=O)NC(C)(C)COC(=O)Oc2ccc([N+](=O)[O-])cc2)CC[C@]2(CO2)C1C(C)C(O)CC=C(C)C. The predicted molar refractivity (Wildman–Crippen MR) is 144 cm³/mol. The summed E-state index contributed by atoms with van der Waals surface area (Å²) in [7, 11) is 1.57. The summed E-state index contributed by atoms with van der Waals surface area (Å²) in [5, 5.41) is 24.3. The minimum Gasteiger partial charge on any atom is -0.443 e. The van der Waals surface area contributed by atoms with Crippen molar-refractivity contribution in [1.29, 1.82) is 0 Å². The molecule has 1 aromatic carbocycles. The van der Waals surface area contributed by atoms with Gasteiger partial charge in [-0.2, -0.15) is 0 Å². The summed E-state index contributed by atoms with van der Waals surface area (Å²) in [6.07, 6.45) is 0.358. The molecule has 6 atom stereocenters. The molecule has 12 nitrogen and oxygen atoms in total. The van der Waals surface area contributed by atoms with E-state index >= 15 is 0 Å². The zero-order valence-corrected chi connectivity index (χ0v) is 23.9. The Bertz CT molecular complexity index is 1080. The van der Waals surface area contributed by atoms with Crippen LogP contribution in [0.1, 0.15) is 53.9 Å². The van der Waals surface area contributed by atoms with Crippen molar-refractivity contribution in [2.45, 2.75) is 83.3 Å². The molecule has 1 heterocycles. The lowest BCUT2D eigenvalue weighted by molar-refractivity contribution is -0.384. The zero-order valence-electron chi connectivity index (χ0n) is 23.9. The van der Waals surface area contributed by atoms with Crippen LogP contribution in [0.4, 0.5) is 15.3 Å². The topological polar surface area (TPSA) is 159 Å². The summed E-state index contributed by atoms with van der Waals surface area (Å²) in [6, 6.07) is 4.97. The quantitative estimate of drug-likeness (QED) is 0.0976. The van der Waals surface area contributed by atoms with Gasteiger partial charge in [-0.1, -0.05) is 18.6 Å². The maximum Gasteiger partial charge on any atom is 0.513 e. The molecule has 222 valence electrons. The third kappa shape index (κ3) is 8.15. The largest absolute Gasteiger partial charge is 0.513 e. The van der Waals surface area contributed by atoms with E-state index in [-0.39, 0.29) is 35.5 Å². The molecule has 1 amide bonds. The number of nitro benzene ring substituents is 1. The number of nitro groups is 1. The van der Waals surface area contributed by atoms with Crippen molar-refractivity contribution in [3.8, 4) is 5.75 Å². The molecule has 1 saturated heterocycles. The van der Waals surface area contributed by atoms with Gasteiger partial charge in [0.05, 0.1) is 28.8 Å². The summed E-state index contributed by atoms with van der Waals surface area (Å²) in [5.74, 6) is -0.255. The number of allylic oxidation sites excluding steroid dienone is 1. The fourth-order valence-electron chi connectivity index (χ4n) is 5.17. The maximum absolute atomic E-state index is 12.9. The molecule has 1 aliphatic carbocycles. The third-order valence-electron chi connectivity index (χ3n) is 7.41. The summed E-state index contributed by atoms with van der Waals surface area (Å²) in [5.41, 5.74) is -0.408. The van der Waals surface area contributed by atoms with Crippen LogP contribution in [0.2, 0.25) is 0 Å².